The summed E-state index contributed by atoms with van der Waals surface area (Å²) >= 11 is 1.55. The first kappa shape index (κ1) is 15.5. The van der Waals surface area contributed by atoms with Gasteiger partial charge in [-0.1, -0.05) is 17.4 Å². The van der Waals surface area contributed by atoms with Crippen LogP contribution < -0.4 is 9.64 Å². The van der Waals surface area contributed by atoms with E-state index in [1.807, 2.05) is 6.92 Å². The van der Waals surface area contributed by atoms with Crippen LogP contribution in [0.3, 0.4) is 0 Å². The van der Waals surface area contributed by atoms with Crippen LogP contribution in [0.2, 0.25) is 0 Å². The minimum Gasteiger partial charge on any atom is -0.504 e. The fourth-order valence-electron chi connectivity index (χ4n) is 2.54. The van der Waals surface area contributed by atoms with Crippen LogP contribution in [0.25, 0.3) is 0 Å². The number of aryl methyl sites for hydroxylation is 1. The summed E-state index contributed by atoms with van der Waals surface area (Å²) in [6, 6.07) is 4.94. The second-order valence-electron chi connectivity index (χ2n) is 5.24. The number of phenolic OH excluding ortho intramolecular Hbond substituents is 1. The Bertz CT molecular complexity index is 710. The highest BCUT2D eigenvalue weighted by atomic mass is 32.1. The van der Waals surface area contributed by atoms with Crippen LogP contribution in [0.1, 0.15) is 15.4 Å². The van der Waals surface area contributed by atoms with Crippen molar-refractivity contribution in [3.8, 4) is 11.5 Å². The third kappa shape index (κ3) is 3.07. The smallest absolute Gasteiger partial charge is 0.257 e. The summed E-state index contributed by atoms with van der Waals surface area (Å²) in [5, 5.41) is 20.1. The molecule has 0 radical (unpaired) electrons. The van der Waals surface area contributed by atoms with E-state index in [0.717, 1.165) is 10.1 Å². The van der Waals surface area contributed by atoms with Gasteiger partial charge in [0.15, 0.2) is 11.5 Å². The van der Waals surface area contributed by atoms with Crippen LogP contribution in [-0.2, 0) is 0 Å². The summed E-state index contributed by atoms with van der Waals surface area (Å²) in [5.74, 6) is 0.00972. The van der Waals surface area contributed by atoms with E-state index >= 15 is 0 Å². The molecule has 1 aliphatic heterocycles. The molecule has 0 aliphatic carbocycles. The third-order valence-electron chi connectivity index (χ3n) is 3.80. The van der Waals surface area contributed by atoms with E-state index in [1.54, 1.807) is 34.4 Å². The molecule has 23 heavy (non-hydrogen) atoms. The minimum atomic E-state index is -0.186. The topological polar surface area (TPSA) is 78.8 Å². The number of carbonyl (C=O) groups is 1. The van der Waals surface area contributed by atoms with E-state index in [4.69, 9.17) is 4.74 Å². The molecular weight excluding hydrogens is 316 g/mol. The Morgan fingerprint density at radius 3 is 2.61 bits per heavy atom. The second kappa shape index (κ2) is 6.41. The number of hydrogen-bond donors (Lipinski definition) is 1. The lowest BCUT2D eigenvalue weighted by Crippen LogP contribution is -2.48. The number of amides is 1. The molecule has 8 heteroatoms. The van der Waals surface area contributed by atoms with Crippen molar-refractivity contribution in [3.05, 3.63) is 28.8 Å². The average Bonchev–Trinajstić information content (AvgIpc) is 3.01. The molecule has 1 N–H and O–H groups in total. The van der Waals surface area contributed by atoms with Gasteiger partial charge in [0.1, 0.15) is 5.01 Å². The van der Waals surface area contributed by atoms with Gasteiger partial charge in [-0.25, -0.2) is 0 Å². The van der Waals surface area contributed by atoms with Gasteiger partial charge in [-0.15, -0.1) is 10.2 Å². The van der Waals surface area contributed by atoms with Crippen LogP contribution >= 0.6 is 11.3 Å². The number of anilines is 1. The van der Waals surface area contributed by atoms with Crippen LogP contribution in [0, 0.1) is 6.92 Å². The van der Waals surface area contributed by atoms with E-state index in [0.29, 0.717) is 31.9 Å². The zero-order chi connectivity index (χ0) is 16.4. The van der Waals surface area contributed by atoms with Crippen molar-refractivity contribution in [3.63, 3.8) is 0 Å². The van der Waals surface area contributed by atoms with Gasteiger partial charge in [-0.3, -0.25) is 4.79 Å². The van der Waals surface area contributed by atoms with E-state index in [9.17, 15) is 9.90 Å². The van der Waals surface area contributed by atoms with Crippen molar-refractivity contribution in [1.29, 1.82) is 0 Å². The largest absolute Gasteiger partial charge is 0.504 e. The number of methoxy groups -OCH3 is 1. The van der Waals surface area contributed by atoms with E-state index in [-0.39, 0.29) is 17.2 Å². The lowest BCUT2D eigenvalue weighted by molar-refractivity contribution is 0.0743. The maximum atomic E-state index is 12.6. The van der Waals surface area contributed by atoms with Gasteiger partial charge in [-0.05, 0) is 19.1 Å². The van der Waals surface area contributed by atoms with Crippen molar-refractivity contribution < 1.29 is 14.6 Å². The van der Waals surface area contributed by atoms with E-state index < -0.39 is 0 Å². The lowest BCUT2D eigenvalue weighted by Gasteiger charge is -2.34. The summed E-state index contributed by atoms with van der Waals surface area (Å²) in [4.78, 5) is 16.5. The summed E-state index contributed by atoms with van der Waals surface area (Å²) in [5.41, 5.74) is 0.268. The van der Waals surface area contributed by atoms with Crippen molar-refractivity contribution in [2.24, 2.45) is 0 Å². The maximum absolute atomic E-state index is 12.6. The molecule has 0 atom stereocenters. The average molecular weight is 334 g/mol. The van der Waals surface area contributed by atoms with Crippen LogP contribution in [-0.4, -0.2) is 59.4 Å². The van der Waals surface area contributed by atoms with Gasteiger partial charge in [0.05, 0.1) is 12.7 Å². The molecule has 1 aromatic heterocycles. The van der Waals surface area contributed by atoms with Crippen LogP contribution in [0.4, 0.5) is 5.13 Å². The minimum absolute atomic E-state index is 0.109. The Hall–Kier alpha value is -2.35. The Labute approximate surface area is 138 Å². The quantitative estimate of drug-likeness (QED) is 0.917. The molecule has 7 nitrogen and oxygen atoms in total. The number of carbonyl (C=O) groups excluding carboxylic acids is 1. The summed E-state index contributed by atoms with van der Waals surface area (Å²) < 4.78 is 5.06. The van der Waals surface area contributed by atoms with Gasteiger partial charge in [-0.2, -0.15) is 0 Å². The molecule has 122 valence electrons. The Kier molecular flexibility index (Phi) is 4.33. The standard InChI is InChI=1S/C15H18N4O3S/c1-10-16-17-15(23-10)19-8-6-18(7-9-19)14(21)11-4-3-5-12(22-2)13(11)20/h3-5,20H,6-9H2,1-2H3. The highest BCUT2D eigenvalue weighted by molar-refractivity contribution is 7.15. The summed E-state index contributed by atoms with van der Waals surface area (Å²) in [7, 11) is 1.46. The molecule has 1 aromatic carbocycles. The van der Waals surface area contributed by atoms with Crippen LogP contribution in [0.5, 0.6) is 11.5 Å². The molecule has 3 rings (SSSR count). The van der Waals surface area contributed by atoms with Crippen molar-refractivity contribution in [2.75, 3.05) is 38.2 Å². The number of para-hydroxylation sites is 1. The second-order valence-corrected chi connectivity index (χ2v) is 6.40. The fraction of sp³-hybridized carbons (Fsp3) is 0.400. The first-order chi connectivity index (χ1) is 11.1. The lowest BCUT2D eigenvalue weighted by atomic mass is 10.1. The number of aromatic nitrogens is 2. The van der Waals surface area contributed by atoms with Crippen molar-refractivity contribution >= 4 is 22.4 Å². The number of aromatic hydroxyl groups is 1. The molecule has 0 saturated carbocycles. The van der Waals surface area contributed by atoms with Gasteiger partial charge in [0, 0.05) is 26.2 Å². The first-order valence-electron chi connectivity index (χ1n) is 7.30. The monoisotopic (exact) mass is 334 g/mol. The van der Waals surface area contributed by atoms with E-state index in [2.05, 4.69) is 15.1 Å². The molecule has 2 aromatic rings. The molecule has 1 fully saturated rings. The number of benzene rings is 1. The molecule has 1 amide bonds. The molecule has 1 aliphatic rings. The molecule has 2 heterocycles. The Morgan fingerprint density at radius 1 is 1.26 bits per heavy atom. The SMILES string of the molecule is COc1cccc(C(=O)N2CCN(c3nnc(C)s3)CC2)c1O. The number of piperazine rings is 1. The molecular formula is C15H18N4O3S. The Balaban J connectivity index is 1.69. The summed E-state index contributed by atoms with van der Waals surface area (Å²) in [6.07, 6.45) is 0. The predicted molar refractivity (Wildman–Crippen MR) is 87.4 cm³/mol. The van der Waals surface area contributed by atoms with E-state index in [1.165, 1.54) is 7.11 Å². The zero-order valence-corrected chi connectivity index (χ0v) is 13.8. The maximum Gasteiger partial charge on any atom is 0.257 e. The first-order valence-corrected chi connectivity index (χ1v) is 8.12. The molecule has 0 bridgehead atoms. The van der Waals surface area contributed by atoms with Crippen molar-refractivity contribution in [1.82, 2.24) is 15.1 Å². The third-order valence-corrected chi connectivity index (χ3v) is 4.70. The van der Waals surface area contributed by atoms with Crippen LogP contribution in [0.15, 0.2) is 18.2 Å². The highest BCUT2D eigenvalue weighted by Crippen LogP contribution is 2.30. The highest BCUT2D eigenvalue weighted by Gasteiger charge is 2.26. The molecule has 1 saturated heterocycles. The number of ether oxygens (including phenoxy) is 1. The number of phenols is 1. The molecule has 0 spiro atoms. The summed E-state index contributed by atoms with van der Waals surface area (Å²) in [6.45, 7) is 4.48. The van der Waals surface area contributed by atoms with Gasteiger partial charge in [0.2, 0.25) is 5.13 Å². The predicted octanol–water partition coefficient (Wildman–Crippen LogP) is 1.52. The van der Waals surface area contributed by atoms with Gasteiger partial charge < -0.3 is 19.6 Å². The zero-order valence-electron chi connectivity index (χ0n) is 13.0. The normalized spacial score (nSPS) is 14.9. The number of rotatable bonds is 3. The number of hydrogen-bond acceptors (Lipinski definition) is 7. The van der Waals surface area contributed by atoms with Gasteiger partial charge in [0.25, 0.3) is 5.91 Å². The fourth-order valence-corrected chi connectivity index (χ4v) is 3.28. The molecule has 0 unspecified atom stereocenters. The van der Waals surface area contributed by atoms with Crippen molar-refractivity contribution in [2.45, 2.75) is 6.92 Å². The number of nitrogens with zero attached hydrogens (tertiary/aromatic N) is 4. The Morgan fingerprint density at radius 2 is 2.00 bits per heavy atom. The van der Waals surface area contributed by atoms with Gasteiger partial charge >= 0.3 is 0 Å².